The van der Waals surface area contributed by atoms with E-state index in [-0.39, 0.29) is 17.6 Å². The average Bonchev–Trinajstić information content (AvgIpc) is 2.40. The first-order chi connectivity index (χ1) is 8.19. The molecule has 1 aromatic carbocycles. The second kappa shape index (κ2) is 5.19. The molecule has 1 aromatic rings. The molecule has 1 fully saturated rings. The van der Waals surface area contributed by atoms with E-state index in [1.54, 1.807) is 0 Å². The zero-order valence-corrected chi connectivity index (χ0v) is 10.6. The van der Waals surface area contributed by atoms with Gasteiger partial charge >= 0.3 is 0 Å². The van der Waals surface area contributed by atoms with Crippen molar-refractivity contribution in [3.63, 3.8) is 0 Å². The molecule has 0 radical (unpaired) electrons. The molecule has 0 heterocycles. The van der Waals surface area contributed by atoms with Crippen LogP contribution >= 0.6 is 0 Å². The van der Waals surface area contributed by atoms with Crippen LogP contribution in [0, 0.1) is 0 Å². The molecule has 17 heavy (non-hydrogen) atoms. The highest BCUT2D eigenvalue weighted by Gasteiger charge is 2.40. The van der Waals surface area contributed by atoms with Crippen LogP contribution in [-0.2, 0) is 5.41 Å². The molecule has 0 saturated heterocycles. The van der Waals surface area contributed by atoms with Crippen molar-refractivity contribution in [1.82, 2.24) is 0 Å². The first-order valence-corrected chi connectivity index (χ1v) is 6.68. The lowest BCUT2D eigenvalue weighted by Crippen LogP contribution is -2.48. The smallest absolute Gasteiger partial charge is 0.0541 e. The fourth-order valence-electron chi connectivity index (χ4n) is 3.15. The summed E-state index contributed by atoms with van der Waals surface area (Å²) in [4.78, 5) is 0. The Labute approximate surface area is 104 Å². The van der Waals surface area contributed by atoms with Gasteiger partial charge in [0.25, 0.3) is 0 Å². The lowest BCUT2D eigenvalue weighted by Gasteiger charge is -2.43. The lowest BCUT2D eigenvalue weighted by atomic mass is 9.64. The molecule has 0 amide bonds. The van der Waals surface area contributed by atoms with E-state index in [1.807, 2.05) is 6.07 Å². The largest absolute Gasteiger partial charge is 0.393 e. The van der Waals surface area contributed by atoms with Crippen molar-refractivity contribution in [2.75, 3.05) is 0 Å². The SMILES string of the molecule is CCC(N)C1(c2ccccc2)CCC(O)CC1. The normalized spacial score (nSPS) is 31.1. The fourth-order valence-corrected chi connectivity index (χ4v) is 3.15. The molecule has 2 heteroatoms. The fraction of sp³-hybridized carbons (Fsp3) is 0.600. The first-order valence-electron chi connectivity index (χ1n) is 6.68. The standard InChI is InChI=1S/C15H23NO/c1-2-14(16)15(10-8-13(17)9-11-15)12-6-4-3-5-7-12/h3-7,13-14,17H,2,8-11,16H2,1H3. The van der Waals surface area contributed by atoms with E-state index in [0.29, 0.717) is 0 Å². The maximum atomic E-state index is 9.70. The highest BCUT2D eigenvalue weighted by atomic mass is 16.3. The van der Waals surface area contributed by atoms with Gasteiger partial charge in [0.1, 0.15) is 0 Å². The molecule has 0 bridgehead atoms. The number of aliphatic hydroxyl groups excluding tert-OH is 1. The molecule has 94 valence electrons. The van der Waals surface area contributed by atoms with Crippen molar-refractivity contribution in [3.8, 4) is 0 Å². The van der Waals surface area contributed by atoms with Crippen molar-refractivity contribution in [1.29, 1.82) is 0 Å². The van der Waals surface area contributed by atoms with Gasteiger partial charge in [0.05, 0.1) is 6.10 Å². The molecule has 1 atom stereocenters. The van der Waals surface area contributed by atoms with E-state index in [4.69, 9.17) is 5.73 Å². The van der Waals surface area contributed by atoms with Gasteiger partial charge in [-0.15, -0.1) is 0 Å². The highest BCUT2D eigenvalue weighted by Crippen LogP contribution is 2.42. The van der Waals surface area contributed by atoms with Crippen LogP contribution in [0.2, 0.25) is 0 Å². The van der Waals surface area contributed by atoms with Crippen LogP contribution in [0.1, 0.15) is 44.6 Å². The van der Waals surface area contributed by atoms with Crippen molar-refractivity contribution in [2.24, 2.45) is 5.73 Å². The monoisotopic (exact) mass is 233 g/mol. The zero-order chi connectivity index (χ0) is 12.3. The molecule has 1 aliphatic rings. The van der Waals surface area contributed by atoms with E-state index in [1.165, 1.54) is 5.56 Å². The van der Waals surface area contributed by atoms with Crippen LogP contribution in [0.25, 0.3) is 0 Å². The van der Waals surface area contributed by atoms with E-state index in [9.17, 15) is 5.11 Å². The van der Waals surface area contributed by atoms with E-state index >= 15 is 0 Å². The van der Waals surface area contributed by atoms with Gasteiger partial charge in [0.2, 0.25) is 0 Å². The number of benzene rings is 1. The summed E-state index contributed by atoms with van der Waals surface area (Å²) >= 11 is 0. The van der Waals surface area contributed by atoms with Crippen LogP contribution in [-0.4, -0.2) is 17.3 Å². The summed E-state index contributed by atoms with van der Waals surface area (Å²) in [6.45, 7) is 2.15. The van der Waals surface area contributed by atoms with Crippen molar-refractivity contribution in [3.05, 3.63) is 35.9 Å². The topological polar surface area (TPSA) is 46.2 Å². The average molecular weight is 233 g/mol. The number of aliphatic hydroxyl groups is 1. The van der Waals surface area contributed by atoms with E-state index in [2.05, 4.69) is 31.2 Å². The summed E-state index contributed by atoms with van der Waals surface area (Å²) in [6.07, 6.45) is 4.63. The summed E-state index contributed by atoms with van der Waals surface area (Å²) in [5, 5.41) is 9.70. The third kappa shape index (κ3) is 2.38. The lowest BCUT2D eigenvalue weighted by molar-refractivity contribution is 0.0849. The Hall–Kier alpha value is -0.860. The third-order valence-corrected chi connectivity index (χ3v) is 4.35. The predicted molar refractivity (Wildman–Crippen MR) is 70.9 cm³/mol. The van der Waals surface area contributed by atoms with Crippen LogP contribution in [0.4, 0.5) is 0 Å². The number of hydrogen-bond donors (Lipinski definition) is 2. The Kier molecular flexibility index (Phi) is 3.85. The molecular weight excluding hydrogens is 210 g/mol. The Morgan fingerprint density at radius 1 is 1.29 bits per heavy atom. The van der Waals surface area contributed by atoms with Crippen LogP contribution < -0.4 is 5.73 Å². The Balaban J connectivity index is 2.31. The molecule has 0 spiro atoms. The zero-order valence-electron chi connectivity index (χ0n) is 10.6. The van der Waals surface area contributed by atoms with Crippen LogP contribution in [0.15, 0.2) is 30.3 Å². The molecule has 2 rings (SSSR count). The molecule has 0 aromatic heterocycles. The molecular formula is C15H23NO. The maximum absolute atomic E-state index is 9.70. The number of hydrogen-bond acceptors (Lipinski definition) is 2. The van der Waals surface area contributed by atoms with Gasteiger partial charge in [0, 0.05) is 11.5 Å². The van der Waals surface area contributed by atoms with Crippen molar-refractivity contribution >= 4 is 0 Å². The third-order valence-electron chi connectivity index (χ3n) is 4.35. The molecule has 1 unspecified atom stereocenters. The summed E-state index contributed by atoms with van der Waals surface area (Å²) in [5.41, 5.74) is 7.81. The Bertz CT molecular complexity index is 341. The second-order valence-electron chi connectivity index (χ2n) is 5.27. The van der Waals surface area contributed by atoms with Gasteiger partial charge in [0.15, 0.2) is 0 Å². The van der Waals surface area contributed by atoms with Crippen LogP contribution in [0.5, 0.6) is 0 Å². The molecule has 1 aliphatic carbocycles. The van der Waals surface area contributed by atoms with E-state index in [0.717, 1.165) is 32.1 Å². The van der Waals surface area contributed by atoms with Gasteiger partial charge < -0.3 is 10.8 Å². The first kappa shape index (κ1) is 12.6. The predicted octanol–water partition coefficient (Wildman–Crippen LogP) is 2.60. The van der Waals surface area contributed by atoms with Crippen molar-refractivity contribution in [2.45, 2.75) is 56.6 Å². The minimum atomic E-state index is -0.129. The minimum absolute atomic E-state index is 0.0786. The quantitative estimate of drug-likeness (QED) is 0.843. The molecule has 3 N–H and O–H groups in total. The van der Waals surface area contributed by atoms with Gasteiger partial charge in [-0.05, 0) is 37.7 Å². The second-order valence-corrected chi connectivity index (χ2v) is 5.27. The van der Waals surface area contributed by atoms with Gasteiger partial charge in [-0.2, -0.15) is 0 Å². The molecule has 2 nitrogen and oxygen atoms in total. The maximum Gasteiger partial charge on any atom is 0.0541 e. The van der Waals surface area contributed by atoms with Gasteiger partial charge in [-0.1, -0.05) is 37.3 Å². The summed E-state index contributed by atoms with van der Waals surface area (Å²) < 4.78 is 0. The molecule has 0 aliphatic heterocycles. The van der Waals surface area contributed by atoms with Crippen molar-refractivity contribution < 1.29 is 5.11 Å². The summed E-state index contributed by atoms with van der Waals surface area (Å²) in [6, 6.07) is 10.8. The van der Waals surface area contributed by atoms with Gasteiger partial charge in [-0.25, -0.2) is 0 Å². The number of rotatable bonds is 3. The molecule has 1 saturated carbocycles. The minimum Gasteiger partial charge on any atom is -0.393 e. The summed E-state index contributed by atoms with van der Waals surface area (Å²) in [7, 11) is 0. The Morgan fingerprint density at radius 2 is 1.88 bits per heavy atom. The Morgan fingerprint density at radius 3 is 2.41 bits per heavy atom. The number of nitrogens with two attached hydrogens (primary N) is 1. The van der Waals surface area contributed by atoms with Crippen LogP contribution in [0.3, 0.4) is 0 Å². The summed E-state index contributed by atoms with van der Waals surface area (Å²) in [5.74, 6) is 0. The van der Waals surface area contributed by atoms with Gasteiger partial charge in [-0.3, -0.25) is 0 Å². The van der Waals surface area contributed by atoms with E-state index < -0.39 is 0 Å². The highest BCUT2D eigenvalue weighted by molar-refractivity contribution is 5.28.